The first-order valence-corrected chi connectivity index (χ1v) is 9.64. The predicted molar refractivity (Wildman–Crippen MR) is 109 cm³/mol. The average molecular weight is 376 g/mol. The number of amides is 1. The average Bonchev–Trinajstić information content (AvgIpc) is 2.68. The number of benzene rings is 2. The summed E-state index contributed by atoms with van der Waals surface area (Å²) < 4.78 is 0. The molecule has 0 unspecified atom stereocenters. The SMILES string of the molecule is CN(CC(=O)N[C@@H]1CCCc2ccccc21)Cc1nc2ccccc2c(=O)[nH]1. The lowest BCUT2D eigenvalue weighted by molar-refractivity contribution is -0.122. The molecule has 1 aliphatic carbocycles. The second-order valence-corrected chi connectivity index (χ2v) is 7.41. The van der Waals surface area contributed by atoms with Crippen LogP contribution < -0.4 is 10.9 Å². The highest BCUT2D eigenvalue weighted by molar-refractivity contribution is 5.79. The van der Waals surface area contributed by atoms with Gasteiger partial charge in [0.2, 0.25) is 5.91 Å². The number of nitrogens with zero attached hydrogens (tertiary/aromatic N) is 2. The van der Waals surface area contributed by atoms with Gasteiger partial charge in [-0.2, -0.15) is 0 Å². The first-order chi connectivity index (χ1) is 13.6. The zero-order valence-corrected chi connectivity index (χ0v) is 15.9. The molecular weight excluding hydrogens is 352 g/mol. The van der Waals surface area contributed by atoms with E-state index < -0.39 is 0 Å². The number of rotatable bonds is 5. The smallest absolute Gasteiger partial charge is 0.258 e. The largest absolute Gasteiger partial charge is 0.348 e. The second-order valence-electron chi connectivity index (χ2n) is 7.41. The Kier molecular flexibility index (Phi) is 5.21. The van der Waals surface area contributed by atoms with Gasteiger partial charge in [0, 0.05) is 0 Å². The van der Waals surface area contributed by atoms with Crippen molar-refractivity contribution >= 4 is 16.8 Å². The molecule has 0 spiro atoms. The first kappa shape index (κ1) is 18.4. The summed E-state index contributed by atoms with van der Waals surface area (Å²) in [7, 11) is 1.85. The summed E-state index contributed by atoms with van der Waals surface area (Å²) in [6.07, 6.45) is 3.12. The lowest BCUT2D eigenvalue weighted by Crippen LogP contribution is -2.38. The molecular formula is C22H24N4O2. The molecule has 6 nitrogen and oxygen atoms in total. The van der Waals surface area contributed by atoms with E-state index in [2.05, 4.69) is 27.4 Å². The van der Waals surface area contributed by atoms with Crippen molar-refractivity contribution in [1.82, 2.24) is 20.2 Å². The normalized spacial score (nSPS) is 16.1. The van der Waals surface area contributed by atoms with E-state index in [0.29, 0.717) is 23.3 Å². The number of H-pyrrole nitrogens is 1. The van der Waals surface area contributed by atoms with Gasteiger partial charge in [0.1, 0.15) is 5.82 Å². The summed E-state index contributed by atoms with van der Waals surface area (Å²) in [6, 6.07) is 15.6. The minimum absolute atomic E-state index is 0.0210. The van der Waals surface area contributed by atoms with Crippen LogP contribution in [0, 0.1) is 0 Å². The number of hydrogen-bond donors (Lipinski definition) is 2. The van der Waals surface area contributed by atoms with Gasteiger partial charge in [-0.25, -0.2) is 4.98 Å². The Hall–Kier alpha value is -2.99. The van der Waals surface area contributed by atoms with Gasteiger partial charge in [-0.3, -0.25) is 14.5 Å². The van der Waals surface area contributed by atoms with Crippen LogP contribution in [-0.4, -0.2) is 34.4 Å². The highest BCUT2D eigenvalue weighted by Gasteiger charge is 2.21. The van der Waals surface area contributed by atoms with Crippen molar-refractivity contribution in [2.75, 3.05) is 13.6 Å². The van der Waals surface area contributed by atoms with E-state index in [9.17, 15) is 9.59 Å². The number of carbonyl (C=O) groups excluding carboxylic acids is 1. The van der Waals surface area contributed by atoms with Gasteiger partial charge in [-0.15, -0.1) is 0 Å². The van der Waals surface area contributed by atoms with E-state index in [0.717, 1.165) is 19.3 Å². The maximum Gasteiger partial charge on any atom is 0.258 e. The zero-order valence-electron chi connectivity index (χ0n) is 15.9. The molecule has 2 N–H and O–H groups in total. The molecule has 4 rings (SSSR count). The Balaban J connectivity index is 1.40. The van der Waals surface area contributed by atoms with Crippen molar-refractivity contribution < 1.29 is 4.79 Å². The third-order valence-electron chi connectivity index (χ3n) is 5.20. The lowest BCUT2D eigenvalue weighted by atomic mass is 9.88. The molecule has 1 amide bonds. The number of likely N-dealkylation sites (N-methyl/N-ethyl adjacent to an activating group) is 1. The number of hydrogen-bond acceptors (Lipinski definition) is 4. The van der Waals surface area contributed by atoms with Gasteiger partial charge >= 0.3 is 0 Å². The van der Waals surface area contributed by atoms with E-state index in [1.807, 2.05) is 42.3 Å². The van der Waals surface area contributed by atoms with Gasteiger partial charge in [0.05, 0.1) is 30.0 Å². The highest BCUT2D eigenvalue weighted by atomic mass is 16.2. The molecule has 2 aromatic carbocycles. The highest BCUT2D eigenvalue weighted by Crippen LogP contribution is 2.29. The molecule has 0 saturated heterocycles. The molecule has 0 bridgehead atoms. The Morgan fingerprint density at radius 1 is 1.21 bits per heavy atom. The van der Waals surface area contributed by atoms with Crippen LogP contribution >= 0.6 is 0 Å². The molecule has 1 heterocycles. The van der Waals surface area contributed by atoms with Crippen molar-refractivity contribution in [3.8, 4) is 0 Å². The summed E-state index contributed by atoms with van der Waals surface area (Å²) in [5, 5.41) is 3.73. The Morgan fingerprint density at radius 2 is 2.00 bits per heavy atom. The van der Waals surface area contributed by atoms with E-state index in [1.165, 1.54) is 11.1 Å². The van der Waals surface area contributed by atoms with Gasteiger partial charge < -0.3 is 10.3 Å². The van der Waals surface area contributed by atoms with Crippen LogP contribution in [0.4, 0.5) is 0 Å². The summed E-state index contributed by atoms with van der Waals surface area (Å²) in [5.41, 5.74) is 3.06. The Labute approximate surface area is 163 Å². The first-order valence-electron chi connectivity index (χ1n) is 9.64. The van der Waals surface area contributed by atoms with Crippen LogP contribution in [0.3, 0.4) is 0 Å². The van der Waals surface area contributed by atoms with Crippen LogP contribution in [0.5, 0.6) is 0 Å². The summed E-state index contributed by atoms with van der Waals surface area (Å²) in [4.78, 5) is 33.9. The van der Waals surface area contributed by atoms with Crippen molar-refractivity contribution in [3.63, 3.8) is 0 Å². The van der Waals surface area contributed by atoms with E-state index in [1.54, 1.807) is 6.07 Å². The van der Waals surface area contributed by atoms with Crippen LogP contribution in [0.25, 0.3) is 10.9 Å². The maximum absolute atomic E-state index is 12.6. The number of aromatic amines is 1. The fraction of sp³-hybridized carbons (Fsp3) is 0.318. The van der Waals surface area contributed by atoms with E-state index in [4.69, 9.17) is 0 Å². The van der Waals surface area contributed by atoms with Crippen molar-refractivity contribution in [3.05, 3.63) is 75.8 Å². The summed E-state index contributed by atoms with van der Waals surface area (Å²) >= 11 is 0. The van der Waals surface area contributed by atoms with Crippen molar-refractivity contribution in [1.29, 1.82) is 0 Å². The number of aromatic nitrogens is 2. The topological polar surface area (TPSA) is 78.1 Å². The number of nitrogens with one attached hydrogen (secondary N) is 2. The third kappa shape index (κ3) is 3.97. The van der Waals surface area contributed by atoms with E-state index in [-0.39, 0.29) is 24.1 Å². The fourth-order valence-electron chi connectivity index (χ4n) is 3.91. The molecule has 0 radical (unpaired) electrons. The van der Waals surface area contributed by atoms with E-state index >= 15 is 0 Å². The van der Waals surface area contributed by atoms with Crippen molar-refractivity contribution in [2.24, 2.45) is 0 Å². The standard InChI is InChI=1S/C22H24N4O2/c1-26(13-20-23-19-11-5-4-10-17(19)22(28)25-20)14-21(27)24-18-12-6-8-15-7-2-3-9-16(15)18/h2-5,7,9-11,18H,6,8,12-14H2,1H3,(H,24,27)(H,23,25,28)/t18-/m1/s1. The molecule has 3 aromatic rings. The number of para-hydroxylation sites is 1. The minimum atomic E-state index is -0.155. The van der Waals surface area contributed by atoms with Crippen LogP contribution in [0.1, 0.15) is 35.8 Å². The van der Waals surface area contributed by atoms with Gasteiger partial charge in [-0.1, -0.05) is 36.4 Å². The number of aryl methyl sites for hydroxylation is 1. The van der Waals surface area contributed by atoms with Crippen LogP contribution in [0.15, 0.2) is 53.3 Å². The maximum atomic E-state index is 12.6. The van der Waals surface area contributed by atoms with Crippen LogP contribution in [-0.2, 0) is 17.8 Å². The summed E-state index contributed by atoms with van der Waals surface area (Å²) in [5.74, 6) is 0.536. The molecule has 1 aliphatic rings. The van der Waals surface area contributed by atoms with Gasteiger partial charge in [0.25, 0.3) is 5.56 Å². The molecule has 0 saturated carbocycles. The monoisotopic (exact) mass is 376 g/mol. The quantitative estimate of drug-likeness (QED) is 0.717. The molecule has 0 fully saturated rings. The number of carbonyl (C=O) groups is 1. The molecule has 6 heteroatoms. The summed E-state index contributed by atoms with van der Waals surface area (Å²) in [6.45, 7) is 0.643. The second kappa shape index (κ2) is 7.94. The van der Waals surface area contributed by atoms with Crippen LogP contribution in [0.2, 0.25) is 0 Å². The molecule has 144 valence electrons. The fourth-order valence-corrected chi connectivity index (χ4v) is 3.91. The molecule has 1 aromatic heterocycles. The van der Waals surface area contributed by atoms with Gasteiger partial charge in [-0.05, 0) is 49.6 Å². The molecule has 28 heavy (non-hydrogen) atoms. The zero-order chi connectivity index (χ0) is 19.5. The Bertz CT molecular complexity index is 1060. The number of fused-ring (bicyclic) bond motifs is 2. The minimum Gasteiger partial charge on any atom is -0.348 e. The van der Waals surface area contributed by atoms with Gasteiger partial charge in [0.15, 0.2) is 0 Å². The third-order valence-corrected chi connectivity index (χ3v) is 5.20. The Morgan fingerprint density at radius 3 is 2.89 bits per heavy atom. The molecule has 0 aliphatic heterocycles. The van der Waals surface area contributed by atoms with Crippen molar-refractivity contribution in [2.45, 2.75) is 31.8 Å². The predicted octanol–water partition coefficient (Wildman–Crippen LogP) is 2.55. The lowest BCUT2D eigenvalue weighted by Gasteiger charge is -2.27. The molecule has 1 atom stereocenters.